The summed E-state index contributed by atoms with van der Waals surface area (Å²) >= 11 is 13.3. The van der Waals surface area contributed by atoms with Crippen LogP contribution in [0.5, 0.6) is 0 Å². The number of rotatable bonds is 9. The highest BCUT2D eigenvalue weighted by molar-refractivity contribution is 8.14. The lowest BCUT2D eigenvalue weighted by atomic mass is 9.99. The van der Waals surface area contributed by atoms with Gasteiger partial charge in [0.25, 0.3) is 5.91 Å². The second kappa shape index (κ2) is 11.6. The molecule has 0 bridgehead atoms. The first-order valence-electron chi connectivity index (χ1n) is 9.78. The highest BCUT2D eigenvalue weighted by Gasteiger charge is 2.28. The smallest absolute Gasteiger partial charge is 0.278 e. The van der Waals surface area contributed by atoms with E-state index in [1.165, 1.54) is 23.1 Å². The van der Waals surface area contributed by atoms with Gasteiger partial charge in [-0.1, -0.05) is 74.1 Å². The van der Waals surface area contributed by atoms with Crippen molar-refractivity contribution < 1.29 is 9.59 Å². The number of likely N-dealkylation sites (N-methyl/N-ethyl adjacent to an activating group) is 1. The van der Waals surface area contributed by atoms with Gasteiger partial charge >= 0.3 is 0 Å². The van der Waals surface area contributed by atoms with Gasteiger partial charge in [0.05, 0.1) is 5.75 Å². The zero-order chi connectivity index (χ0) is 21.4. The van der Waals surface area contributed by atoms with Gasteiger partial charge in [0.15, 0.2) is 5.17 Å². The molecule has 0 aliphatic carbocycles. The Hall–Kier alpha value is -1.50. The van der Waals surface area contributed by atoms with E-state index in [1.807, 2.05) is 0 Å². The molecule has 0 fully saturated rings. The average molecular weight is 456 g/mol. The van der Waals surface area contributed by atoms with Crippen molar-refractivity contribution in [2.45, 2.75) is 39.5 Å². The van der Waals surface area contributed by atoms with Gasteiger partial charge in [-0.05, 0) is 36.1 Å². The predicted molar refractivity (Wildman–Crippen MR) is 123 cm³/mol. The second-order valence-electron chi connectivity index (χ2n) is 6.96. The molecule has 0 saturated heterocycles. The van der Waals surface area contributed by atoms with Crippen molar-refractivity contribution in [1.82, 2.24) is 10.2 Å². The zero-order valence-corrected chi connectivity index (χ0v) is 19.3. The van der Waals surface area contributed by atoms with Gasteiger partial charge in [-0.25, -0.2) is 4.99 Å². The Morgan fingerprint density at radius 3 is 2.76 bits per heavy atom. The largest absolute Gasteiger partial charge is 0.355 e. The van der Waals surface area contributed by atoms with Crippen molar-refractivity contribution >= 4 is 58.0 Å². The van der Waals surface area contributed by atoms with Crippen molar-refractivity contribution in [3.63, 3.8) is 0 Å². The molecule has 1 aliphatic heterocycles. The topological polar surface area (TPSA) is 61.8 Å². The fourth-order valence-electron chi connectivity index (χ4n) is 2.86. The fraction of sp³-hybridized carbons (Fsp3) is 0.476. The lowest BCUT2D eigenvalue weighted by Crippen LogP contribution is -2.32. The predicted octanol–water partition coefficient (Wildman–Crippen LogP) is 5.23. The molecule has 158 valence electrons. The van der Waals surface area contributed by atoms with Crippen molar-refractivity contribution in [3.05, 3.63) is 39.5 Å². The molecule has 0 aromatic heterocycles. The maximum atomic E-state index is 12.5. The maximum Gasteiger partial charge on any atom is 0.278 e. The van der Waals surface area contributed by atoms with Crippen molar-refractivity contribution in [1.29, 1.82) is 0 Å². The molecule has 5 nitrogen and oxygen atoms in total. The van der Waals surface area contributed by atoms with E-state index in [-0.39, 0.29) is 23.3 Å². The normalized spacial score (nSPS) is 16.3. The van der Waals surface area contributed by atoms with E-state index in [9.17, 15) is 9.59 Å². The number of benzene rings is 1. The van der Waals surface area contributed by atoms with Crippen LogP contribution in [0, 0.1) is 5.92 Å². The third-order valence-electron chi connectivity index (χ3n) is 4.75. The van der Waals surface area contributed by atoms with Crippen LogP contribution < -0.4 is 5.32 Å². The van der Waals surface area contributed by atoms with E-state index < -0.39 is 0 Å². The molecule has 1 aromatic rings. The van der Waals surface area contributed by atoms with Crippen LogP contribution in [0.3, 0.4) is 0 Å². The van der Waals surface area contributed by atoms with Crippen LogP contribution >= 0.6 is 35.0 Å². The summed E-state index contributed by atoms with van der Waals surface area (Å²) < 4.78 is 0. The minimum Gasteiger partial charge on any atom is -0.355 e. The maximum absolute atomic E-state index is 12.5. The summed E-state index contributed by atoms with van der Waals surface area (Å²) in [6.07, 6.45) is 6.16. The molecule has 1 unspecified atom stereocenters. The number of unbranched alkanes of at least 4 members (excludes halogenated alkanes) is 1. The lowest BCUT2D eigenvalue weighted by molar-refractivity contribution is -0.121. The Labute approximate surface area is 186 Å². The molecule has 8 heteroatoms. The van der Waals surface area contributed by atoms with Gasteiger partial charge in [-0.2, -0.15) is 0 Å². The first kappa shape index (κ1) is 23.8. The van der Waals surface area contributed by atoms with E-state index in [0.29, 0.717) is 33.2 Å². The Bertz CT molecular complexity index is 811. The molecule has 0 saturated carbocycles. The molecular formula is C21H27Cl2N3O2S. The van der Waals surface area contributed by atoms with Crippen LogP contribution in [0.25, 0.3) is 6.08 Å². The van der Waals surface area contributed by atoms with Gasteiger partial charge in [0.2, 0.25) is 5.91 Å². The zero-order valence-electron chi connectivity index (χ0n) is 17.0. The number of amides is 2. The second-order valence-corrected chi connectivity index (χ2v) is 8.75. The number of carbonyl (C=O) groups is 2. The molecule has 2 rings (SSSR count). The summed E-state index contributed by atoms with van der Waals surface area (Å²) in [5.41, 5.74) is 0.948. The number of nitrogens with one attached hydrogen (secondary N) is 1. The molecule has 1 aliphatic rings. The number of amidine groups is 1. The van der Waals surface area contributed by atoms with Crippen LogP contribution in [0.4, 0.5) is 0 Å². The Balaban J connectivity index is 1.94. The first-order valence-corrected chi connectivity index (χ1v) is 11.5. The van der Waals surface area contributed by atoms with Gasteiger partial charge in [-0.3, -0.25) is 14.5 Å². The molecule has 0 radical (unpaired) electrons. The minimum atomic E-state index is -0.232. The molecule has 2 amide bonds. The summed E-state index contributed by atoms with van der Waals surface area (Å²) in [6, 6.07) is 5.06. The molecular weight excluding hydrogens is 429 g/mol. The van der Waals surface area contributed by atoms with E-state index in [1.54, 1.807) is 31.3 Å². The SMILES string of the molecule is CCCCC(CC)CNC(=O)CSC1=NC(=Cc2ccc(Cl)cc2Cl)C(=O)N1C. The number of carbonyl (C=O) groups excluding carboxylic acids is 2. The van der Waals surface area contributed by atoms with Gasteiger partial charge < -0.3 is 5.32 Å². The highest BCUT2D eigenvalue weighted by atomic mass is 35.5. The monoisotopic (exact) mass is 455 g/mol. The van der Waals surface area contributed by atoms with Crippen molar-refractivity contribution in [2.24, 2.45) is 10.9 Å². The number of hydrogen-bond acceptors (Lipinski definition) is 4. The average Bonchev–Trinajstić information content (AvgIpc) is 2.96. The Morgan fingerprint density at radius 1 is 1.34 bits per heavy atom. The number of hydrogen-bond donors (Lipinski definition) is 1. The van der Waals surface area contributed by atoms with Crippen LogP contribution in [0.1, 0.15) is 45.1 Å². The van der Waals surface area contributed by atoms with Crippen molar-refractivity contribution in [3.8, 4) is 0 Å². The summed E-state index contributed by atoms with van der Waals surface area (Å²) in [7, 11) is 1.65. The summed E-state index contributed by atoms with van der Waals surface area (Å²) in [5.74, 6) is 0.446. The van der Waals surface area contributed by atoms with Gasteiger partial charge in [0, 0.05) is 23.6 Å². The molecule has 1 aromatic carbocycles. The fourth-order valence-corrected chi connectivity index (χ4v) is 4.12. The first-order chi connectivity index (χ1) is 13.8. The van der Waals surface area contributed by atoms with E-state index >= 15 is 0 Å². The standard InChI is InChI=1S/C21H27Cl2N3O2S/c1-4-6-7-14(5-2)12-24-19(27)13-29-21-25-18(20(28)26(21)3)10-15-8-9-16(22)11-17(15)23/h8-11,14H,4-7,12-13H2,1-3H3,(H,24,27). The number of halogens is 2. The number of nitrogens with zero attached hydrogens (tertiary/aromatic N) is 2. The van der Waals surface area contributed by atoms with Gasteiger partial charge in [0.1, 0.15) is 5.70 Å². The molecule has 1 atom stereocenters. The van der Waals surface area contributed by atoms with E-state index in [2.05, 4.69) is 24.2 Å². The quantitative estimate of drug-likeness (QED) is 0.518. The van der Waals surface area contributed by atoms with Crippen LogP contribution in [0.2, 0.25) is 10.0 Å². The lowest BCUT2D eigenvalue weighted by Gasteiger charge is -2.15. The minimum absolute atomic E-state index is 0.0494. The van der Waals surface area contributed by atoms with E-state index in [0.717, 1.165) is 19.3 Å². The van der Waals surface area contributed by atoms with Gasteiger partial charge in [-0.15, -0.1) is 0 Å². The van der Waals surface area contributed by atoms with Crippen LogP contribution in [-0.2, 0) is 9.59 Å². The van der Waals surface area contributed by atoms with Crippen LogP contribution in [-0.4, -0.2) is 41.2 Å². The molecule has 29 heavy (non-hydrogen) atoms. The summed E-state index contributed by atoms with van der Waals surface area (Å²) in [6.45, 7) is 5.01. The van der Waals surface area contributed by atoms with Crippen molar-refractivity contribution in [2.75, 3.05) is 19.3 Å². The van der Waals surface area contributed by atoms with E-state index in [4.69, 9.17) is 23.2 Å². The summed E-state index contributed by atoms with van der Waals surface area (Å²) in [5, 5.41) is 4.47. The molecule has 1 heterocycles. The molecule has 1 N–H and O–H groups in total. The van der Waals surface area contributed by atoms with Crippen LogP contribution in [0.15, 0.2) is 28.9 Å². The Morgan fingerprint density at radius 2 is 2.10 bits per heavy atom. The highest BCUT2D eigenvalue weighted by Crippen LogP contribution is 2.27. The number of thioether (sulfide) groups is 1. The third-order valence-corrected chi connectivity index (χ3v) is 6.34. The summed E-state index contributed by atoms with van der Waals surface area (Å²) in [4.78, 5) is 30.5. The molecule has 0 spiro atoms. The number of aliphatic imine (C=N–C) groups is 1. The Kier molecular flexibility index (Phi) is 9.53. The third kappa shape index (κ3) is 7.05.